The molecule has 6 nitrogen and oxygen atoms in total. The predicted molar refractivity (Wildman–Crippen MR) is 169 cm³/mol. The van der Waals surface area contributed by atoms with Crippen molar-refractivity contribution in [2.24, 2.45) is 16.7 Å². The van der Waals surface area contributed by atoms with Gasteiger partial charge < -0.3 is 24.4 Å². The first-order valence-electron chi connectivity index (χ1n) is 16.6. The predicted octanol–water partition coefficient (Wildman–Crippen LogP) is 8.06. The van der Waals surface area contributed by atoms with Crippen LogP contribution in [0.15, 0.2) is 12.2 Å². The van der Waals surface area contributed by atoms with Crippen molar-refractivity contribution in [2.45, 2.75) is 193 Å². The van der Waals surface area contributed by atoms with Crippen LogP contribution in [0.1, 0.15) is 154 Å². The van der Waals surface area contributed by atoms with Crippen LogP contribution in [-0.2, 0) is 19.0 Å². The Morgan fingerprint density at radius 1 is 0.714 bits per heavy atom. The van der Waals surface area contributed by atoms with Crippen LogP contribution in [0.4, 0.5) is 0 Å². The zero-order chi connectivity index (χ0) is 32.4. The Balaban J connectivity index is 2.30. The SMILES string of the molecule is C=C(C)C(=O)OC12CC3CC(C(CC)(CC)OC(C)(C)C(C)(C)O)(C1)CC(C(CC)(CC)OC(C)(C)C(C)(C)O)(C3)C2. The van der Waals surface area contributed by atoms with Gasteiger partial charge in [-0.3, -0.25) is 0 Å². The summed E-state index contributed by atoms with van der Waals surface area (Å²) in [6.45, 7) is 29.8. The highest BCUT2D eigenvalue weighted by Gasteiger charge is 2.74. The number of hydrogen-bond donors (Lipinski definition) is 2. The molecular formula is C36H64O6. The van der Waals surface area contributed by atoms with Crippen molar-refractivity contribution in [3.05, 3.63) is 12.2 Å². The van der Waals surface area contributed by atoms with Crippen molar-refractivity contribution in [1.82, 2.24) is 0 Å². The average molecular weight is 593 g/mol. The Kier molecular flexibility index (Phi) is 9.17. The third kappa shape index (κ3) is 5.54. The summed E-state index contributed by atoms with van der Waals surface area (Å²) in [5, 5.41) is 22.4. The molecule has 2 unspecified atom stereocenters. The fraction of sp³-hybridized carbons (Fsp3) is 0.917. The summed E-state index contributed by atoms with van der Waals surface area (Å²) in [5.74, 6) is 0.0201. The average Bonchev–Trinajstić information content (AvgIpc) is 2.83. The van der Waals surface area contributed by atoms with Gasteiger partial charge in [0, 0.05) is 16.4 Å². The maximum Gasteiger partial charge on any atom is 0.333 e. The van der Waals surface area contributed by atoms with E-state index < -0.39 is 39.2 Å². The molecule has 244 valence electrons. The molecule has 4 bridgehead atoms. The van der Waals surface area contributed by atoms with E-state index in [1.807, 2.05) is 55.4 Å². The smallest absolute Gasteiger partial charge is 0.333 e. The molecule has 0 radical (unpaired) electrons. The van der Waals surface area contributed by atoms with E-state index in [1.54, 1.807) is 6.92 Å². The van der Waals surface area contributed by atoms with Gasteiger partial charge in [-0.05, 0) is 132 Å². The van der Waals surface area contributed by atoms with Gasteiger partial charge in [0.15, 0.2) is 0 Å². The molecule has 0 aromatic heterocycles. The molecule has 6 heteroatoms. The summed E-state index contributed by atoms with van der Waals surface area (Å²) in [6, 6.07) is 0. The van der Waals surface area contributed by atoms with Gasteiger partial charge in [-0.15, -0.1) is 0 Å². The van der Waals surface area contributed by atoms with Crippen molar-refractivity contribution >= 4 is 5.97 Å². The molecular weight excluding hydrogens is 528 g/mol. The molecule has 4 saturated carbocycles. The molecule has 4 aliphatic carbocycles. The topological polar surface area (TPSA) is 85.2 Å². The maximum atomic E-state index is 13.3. The highest BCUT2D eigenvalue weighted by atomic mass is 16.6. The van der Waals surface area contributed by atoms with E-state index in [9.17, 15) is 15.0 Å². The number of aliphatic hydroxyl groups is 2. The lowest BCUT2D eigenvalue weighted by atomic mass is 9.36. The summed E-state index contributed by atoms with van der Waals surface area (Å²) in [5.41, 5.74) is -5.59. The number of carbonyl (C=O) groups is 1. The highest BCUT2D eigenvalue weighted by Crippen LogP contribution is 2.75. The number of ether oxygens (including phenoxy) is 3. The lowest BCUT2D eigenvalue weighted by molar-refractivity contribution is -0.346. The van der Waals surface area contributed by atoms with E-state index in [-0.39, 0.29) is 16.8 Å². The van der Waals surface area contributed by atoms with Gasteiger partial charge in [-0.2, -0.15) is 0 Å². The molecule has 0 aromatic rings. The van der Waals surface area contributed by atoms with E-state index in [0.717, 1.165) is 64.2 Å². The Bertz CT molecular complexity index is 956. The van der Waals surface area contributed by atoms with Crippen LogP contribution in [0.25, 0.3) is 0 Å². The largest absolute Gasteiger partial charge is 0.456 e. The van der Waals surface area contributed by atoms with Gasteiger partial charge in [-0.1, -0.05) is 34.3 Å². The van der Waals surface area contributed by atoms with Crippen molar-refractivity contribution in [2.75, 3.05) is 0 Å². The van der Waals surface area contributed by atoms with Gasteiger partial charge >= 0.3 is 5.97 Å². The number of esters is 1. The minimum Gasteiger partial charge on any atom is -0.456 e. The second kappa shape index (κ2) is 10.8. The number of hydrogen-bond acceptors (Lipinski definition) is 6. The second-order valence-electron chi connectivity index (χ2n) is 16.7. The van der Waals surface area contributed by atoms with Crippen LogP contribution < -0.4 is 0 Å². The molecule has 42 heavy (non-hydrogen) atoms. The van der Waals surface area contributed by atoms with Gasteiger partial charge in [-0.25, -0.2) is 4.79 Å². The van der Waals surface area contributed by atoms with Crippen LogP contribution in [0.5, 0.6) is 0 Å². The minimum absolute atomic E-state index is 0.286. The van der Waals surface area contributed by atoms with Crippen LogP contribution >= 0.6 is 0 Å². The third-order valence-electron chi connectivity index (χ3n) is 12.7. The highest BCUT2D eigenvalue weighted by molar-refractivity contribution is 5.87. The zero-order valence-corrected chi connectivity index (χ0v) is 29.4. The van der Waals surface area contributed by atoms with Crippen molar-refractivity contribution in [3.8, 4) is 0 Å². The van der Waals surface area contributed by atoms with E-state index >= 15 is 0 Å². The Morgan fingerprint density at radius 3 is 1.36 bits per heavy atom. The fourth-order valence-electron chi connectivity index (χ4n) is 9.50. The molecule has 0 amide bonds. The van der Waals surface area contributed by atoms with E-state index in [4.69, 9.17) is 14.2 Å². The van der Waals surface area contributed by atoms with Gasteiger partial charge in [0.25, 0.3) is 0 Å². The Morgan fingerprint density at radius 2 is 1.07 bits per heavy atom. The van der Waals surface area contributed by atoms with Gasteiger partial charge in [0.05, 0.1) is 33.6 Å². The molecule has 2 N–H and O–H groups in total. The monoisotopic (exact) mass is 592 g/mol. The molecule has 4 fully saturated rings. The third-order valence-corrected chi connectivity index (χ3v) is 12.7. The second-order valence-corrected chi connectivity index (χ2v) is 16.7. The molecule has 0 aromatic carbocycles. The molecule has 4 rings (SSSR count). The zero-order valence-electron chi connectivity index (χ0n) is 29.4. The van der Waals surface area contributed by atoms with Crippen LogP contribution in [0.3, 0.4) is 0 Å². The van der Waals surface area contributed by atoms with Crippen LogP contribution in [0.2, 0.25) is 0 Å². The fourth-order valence-corrected chi connectivity index (χ4v) is 9.50. The summed E-state index contributed by atoms with van der Waals surface area (Å²) in [6.07, 6.45) is 8.37. The van der Waals surface area contributed by atoms with E-state index in [1.165, 1.54) is 0 Å². The van der Waals surface area contributed by atoms with Gasteiger partial charge in [0.2, 0.25) is 0 Å². The van der Waals surface area contributed by atoms with Crippen molar-refractivity contribution in [3.63, 3.8) is 0 Å². The Hall–Kier alpha value is -0.950. The summed E-state index contributed by atoms with van der Waals surface area (Å²) in [7, 11) is 0. The summed E-state index contributed by atoms with van der Waals surface area (Å²) < 4.78 is 21.1. The van der Waals surface area contributed by atoms with Crippen molar-refractivity contribution in [1.29, 1.82) is 0 Å². The number of rotatable bonds is 14. The molecule has 0 spiro atoms. The first-order valence-corrected chi connectivity index (χ1v) is 16.6. The maximum absolute atomic E-state index is 13.3. The van der Waals surface area contributed by atoms with Crippen LogP contribution in [-0.4, -0.2) is 55.4 Å². The molecule has 2 atom stereocenters. The van der Waals surface area contributed by atoms with Gasteiger partial charge in [0.1, 0.15) is 5.60 Å². The van der Waals surface area contributed by atoms with E-state index in [2.05, 4.69) is 34.3 Å². The minimum atomic E-state index is -1.05. The normalized spacial score (nSPS) is 30.5. The molecule has 4 aliphatic rings. The first kappa shape index (κ1) is 35.5. The van der Waals surface area contributed by atoms with Crippen molar-refractivity contribution < 1.29 is 29.2 Å². The Labute approximate surface area is 257 Å². The quantitative estimate of drug-likeness (QED) is 0.157. The summed E-state index contributed by atoms with van der Waals surface area (Å²) >= 11 is 0. The molecule has 0 aliphatic heterocycles. The van der Waals surface area contributed by atoms with Crippen LogP contribution in [0, 0.1) is 16.7 Å². The summed E-state index contributed by atoms with van der Waals surface area (Å²) in [4.78, 5) is 13.3. The number of carbonyl (C=O) groups excluding carboxylic acids is 1. The lowest BCUT2D eigenvalue weighted by Crippen LogP contribution is -2.74. The molecule has 0 saturated heterocycles. The first-order chi connectivity index (χ1) is 18.9. The molecule has 0 heterocycles. The standard InChI is InChI=1S/C36H64O6/c1-15-35(16-2,41-30(11,12)28(7,8)38)32-19-26-20-33(22-32,24-34(21-26,23-32)40-27(37)25(5)6)36(17-3,18-4)42-31(13,14)29(9,10)39/h26,38-39H,5,15-24H2,1-4,6-14H3. The van der Waals surface area contributed by atoms with E-state index in [0.29, 0.717) is 11.5 Å². The lowest BCUT2D eigenvalue weighted by Gasteiger charge is -2.74.